The summed E-state index contributed by atoms with van der Waals surface area (Å²) in [5.41, 5.74) is 1.56. The maximum absolute atomic E-state index is 12.1. The molecular formula is C16H17ClN2O6S2. The van der Waals surface area contributed by atoms with E-state index in [1.54, 1.807) is 17.0 Å². The van der Waals surface area contributed by atoms with Gasteiger partial charge in [0.1, 0.15) is 13.2 Å². The van der Waals surface area contributed by atoms with Gasteiger partial charge in [0.15, 0.2) is 15.0 Å². The normalized spacial score (nSPS) is 25.0. The van der Waals surface area contributed by atoms with E-state index < -0.39 is 34.9 Å². The van der Waals surface area contributed by atoms with Gasteiger partial charge in [-0.2, -0.15) is 4.99 Å². The third-order valence-electron chi connectivity index (χ3n) is 4.17. The van der Waals surface area contributed by atoms with Crippen LogP contribution in [-0.4, -0.2) is 66.6 Å². The molecule has 1 amide bonds. The van der Waals surface area contributed by atoms with E-state index in [1.165, 1.54) is 11.8 Å². The van der Waals surface area contributed by atoms with Gasteiger partial charge in [-0.25, -0.2) is 13.2 Å². The minimum atomic E-state index is -3.17. The van der Waals surface area contributed by atoms with Crippen LogP contribution in [0.2, 0.25) is 5.02 Å². The lowest BCUT2D eigenvalue weighted by molar-refractivity contribution is -0.143. The van der Waals surface area contributed by atoms with E-state index in [9.17, 15) is 18.0 Å². The third-order valence-corrected chi connectivity index (χ3v) is 7.61. The SMILES string of the molecule is Cc1ccc(Cl)cc1N1C(=NC(=O)COCC(=O)O)S[C@H]2CS(=O)(=O)C[C@@H]21. The number of amidine groups is 1. The third kappa shape index (κ3) is 4.63. The Kier molecular flexibility index (Phi) is 5.80. The number of rotatable bonds is 5. The monoisotopic (exact) mass is 432 g/mol. The summed E-state index contributed by atoms with van der Waals surface area (Å²) in [7, 11) is -3.17. The molecule has 0 bridgehead atoms. The number of anilines is 1. The van der Waals surface area contributed by atoms with Crippen LogP contribution in [0.5, 0.6) is 0 Å². The quantitative estimate of drug-likeness (QED) is 0.741. The van der Waals surface area contributed by atoms with E-state index in [2.05, 4.69) is 4.99 Å². The fourth-order valence-electron chi connectivity index (χ4n) is 3.05. The molecule has 0 spiro atoms. The summed E-state index contributed by atoms with van der Waals surface area (Å²) < 4.78 is 28.9. The molecule has 2 heterocycles. The molecule has 2 aliphatic heterocycles. The average Bonchev–Trinajstić information content (AvgIpc) is 3.00. The molecule has 0 saturated carbocycles. The molecular weight excluding hydrogens is 416 g/mol. The molecule has 2 saturated heterocycles. The lowest BCUT2D eigenvalue weighted by Gasteiger charge is -2.26. The Morgan fingerprint density at radius 2 is 2.11 bits per heavy atom. The molecule has 0 unspecified atom stereocenters. The predicted octanol–water partition coefficient (Wildman–Crippen LogP) is 1.35. The van der Waals surface area contributed by atoms with Crippen molar-refractivity contribution < 1.29 is 27.9 Å². The van der Waals surface area contributed by atoms with E-state index in [0.29, 0.717) is 15.9 Å². The number of amides is 1. The first-order valence-corrected chi connectivity index (χ1v) is 11.1. The number of aryl methyl sites for hydroxylation is 1. The van der Waals surface area contributed by atoms with E-state index in [0.717, 1.165) is 5.56 Å². The van der Waals surface area contributed by atoms with Crippen molar-refractivity contribution in [3.05, 3.63) is 28.8 Å². The van der Waals surface area contributed by atoms with Gasteiger partial charge in [-0.05, 0) is 24.6 Å². The number of carboxylic acids is 1. The van der Waals surface area contributed by atoms with Crippen LogP contribution in [0.1, 0.15) is 5.56 Å². The Balaban J connectivity index is 1.91. The number of carbonyl (C=O) groups excluding carboxylic acids is 1. The Bertz CT molecular complexity index is 917. The van der Waals surface area contributed by atoms with Gasteiger partial charge < -0.3 is 14.7 Å². The number of aliphatic imine (C=N–C) groups is 1. The zero-order chi connectivity index (χ0) is 19.8. The van der Waals surface area contributed by atoms with Crippen LogP contribution in [0.15, 0.2) is 23.2 Å². The molecule has 2 aliphatic rings. The number of sulfone groups is 1. The van der Waals surface area contributed by atoms with Crippen molar-refractivity contribution in [1.82, 2.24) is 0 Å². The van der Waals surface area contributed by atoms with Gasteiger partial charge >= 0.3 is 5.97 Å². The second kappa shape index (κ2) is 7.78. The molecule has 1 aromatic rings. The van der Waals surface area contributed by atoms with E-state index in [1.807, 2.05) is 13.0 Å². The molecule has 2 atom stereocenters. The lowest BCUT2D eigenvalue weighted by Crippen LogP contribution is -2.38. The van der Waals surface area contributed by atoms with E-state index in [4.69, 9.17) is 21.4 Å². The fourth-order valence-corrected chi connectivity index (χ4v) is 7.14. The van der Waals surface area contributed by atoms with Gasteiger partial charge in [0.05, 0.1) is 17.5 Å². The summed E-state index contributed by atoms with van der Waals surface area (Å²) in [6, 6.07) is 4.91. The standard InChI is InChI=1S/C16H17ClN2O6S2/c1-9-2-3-10(17)4-11(9)19-12-7-27(23,24)8-13(12)26-16(19)18-14(20)5-25-6-15(21)22/h2-4,12-13H,5-8H2,1H3,(H,21,22)/t12-,13-/m0/s1. The zero-order valence-corrected chi connectivity index (χ0v) is 16.7. The number of aliphatic carboxylic acids is 1. The lowest BCUT2D eigenvalue weighted by atomic mass is 10.1. The fraction of sp³-hybridized carbons (Fsp3) is 0.438. The van der Waals surface area contributed by atoms with Gasteiger partial charge in [0, 0.05) is 16.0 Å². The number of nitrogens with zero attached hydrogens (tertiary/aromatic N) is 2. The number of carboxylic acid groups (broad SMARTS) is 1. The number of hydrogen-bond acceptors (Lipinski definition) is 6. The summed E-state index contributed by atoms with van der Waals surface area (Å²) in [6.45, 7) is 0.805. The highest BCUT2D eigenvalue weighted by molar-refractivity contribution is 8.16. The number of carbonyl (C=O) groups is 2. The van der Waals surface area contributed by atoms with E-state index in [-0.39, 0.29) is 22.8 Å². The molecule has 1 aromatic carbocycles. The molecule has 1 N–H and O–H groups in total. The highest BCUT2D eigenvalue weighted by Gasteiger charge is 2.49. The molecule has 27 heavy (non-hydrogen) atoms. The number of halogens is 1. The second-order valence-corrected chi connectivity index (χ2v) is 10.1. The van der Waals surface area contributed by atoms with Crippen LogP contribution in [0, 0.1) is 6.92 Å². The van der Waals surface area contributed by atoms with Crippen LogP contribution < -0.4 is 4.90 Å². The minimum Gasteiger partial charge on any atom is -0.480 e. The first kappa shape index (κ1) is 20.1. The van der Waals surface area contributed by atoms with Crippen molar-refractivity contribution >= 4 is 55.9 Å². The maximum atomic E-state index is 12.1. The number of hydrogen-bond donors (Lipinski definition) is 1. The number of ether oxygens (including phenoxy) is 1. The average molecular weight is 433 g/mol. The predicted molar refractivity (Wildman–Crippen MR) is 103 cm³/mol. The maximum Gasteiger partial charge on any atom is 0.329 e. The van der Waals surface area contributed by atoms with Crippen LogP contribution in [0.4, 0.5) is 5.69 Å². The van der Waals surface area contributed by atoms with Crippen LogP contribution in [-0.2, 0) is 24.2 Å². The molecule has 11 heteroatoms. The van der Waals surface area contributed by atoms with Crippen molar-refractivity contribution in [2.75, 3.05) is 29.6 Å². The van der Waals surface area contributed by atoms with Gasteiger partial charge in [-0.1, -0.05) is 29.4 Å². The molecule has 2 fully saturated rings. The largest absolute Gasteiger partial charge is 0.480 e. The van der Waals surface area contributed by atoms with Gasteiger partial charge in [0.2, 0.25) is 0 Å². The highest BCUT2D eigenvalue weighted by atomic mass is 35.5. The Morgan fingerprint density at radius 1 is 1.37 bits per heavy atom. The van der Waals surface area contributed by atoms with Crippen LogP contribution >= 0.6 is 23.4 Å². The van der Waals surface area contributed by atoms with E-state index >= 15 is 0 Å². The van der Waals surface area contributed by atoms with Gasteiger partial charge in [-0.3, -0.25) is 4.79 Å². The summed E-state index contributed by atoms with van der Waals surface area (Å²) in [5.74, 6) is -1.83. The second-order valence-electron chi connectivity index (χ2n) is 6.28. The summed E-state index contributed by atoms with van der Waals surface area (Å²) in [5, 5.41) is 9.18. The molecule has 146 valence electrons. The summed E-state index contributed by atoms with van der Waals surface area (Å²) in [4.78, 5) is 28.3. The highest BCUT2D eigenvalue weighted by Crippen LogP contribution is 2.42. The molecule has 3 rings (SSSR count). The Labute approximate surface area is 165 Å². The topological polar surface area (TPSA) is 113 Å². The van der Waals surface area contributed by atoms with Crippen molar-refractivity contribution in [2.24, 2.45) is 4.99 Å². The van der Waals surface area contributed by atoms with Crippen molar-refractivity contribution in [3.63, 3.8) is 0 Å². The van der Waals surface area contributed by atoms with Gasteiger partial charge in [-0.15, -0.1) is 0 Å². The zero-order valence-electron chi connectivity index (χ0n) is 14.3. The first-order chi connectivity index (χ1) is 12.7. The minimum absolute atomic E-state index is 0.0151. The Hall–Kier alpha value is -1.62. The number of benzene rings is 1. The van der Waals surface area contributed by atoms with Crippen LogP contribution in [0.25, 0.3) is 0 Å². The Morgan fingerprint density at radius 3 is 2.81 bits per heavy atom. The number of fused-ring (bicyclic) bond motifs is 1. The number of thioether (sulfide) groups is 1. The van der Waals surface area contributed by atoms with Crippen molar-refractivity contribution in [3.8, 4) is 0 Å². The molecule has 0 aliphatic carbocycles. The van der Waals surface area contributed by atoms with Crippen molar-refractivity contribution in [2.45, 2.75) is 18.2 Å². The molecule has 8 nitrogen and oxygen atoms in total. The van der Waals surface area contributed by atoms with Crippen LogP contribution in [0.3, 0.4) is 0 Å². The first-order valence-electron chi connectivity index (χ1n) is 8.00. The molecule has 0 radical (unpaired) electrons. The van der Waals surface area contributed by atoms with Crippen molar-refractivity contribution in [1.29, 1.82) is 0 Å². The molecule has 0 aromatic heterocycles. The smallest absolute Gasteiger partial charge is 0.329 e. The summed E-state index contributed by atoms with van der Waals surface area (Å²) in [6.07, 6.45) is 0. The summed E-state index contributed by atoms with van der Waals surface area (Å²) >= 11 is 7.34. The van der Waals surface area contributed by atoms with Gasteiger partial charge in [0.25, 0.3) is 5.91 Å².